The summed E-state index contributed by atoms with van der Waals surface area (Å²) in [5.41, 5.74) is 0.0907. The van der Waals surface area contributed by atoms with Crippen LogP contribution in [-0.4, -0.2) is 15.8 Å². The van der Waals surface area contributed by atoms with Crippen LogP contribution in [-0.2, 0) is 12.1 Å². The van der Waals surface area contributed by atoms with Crippen molar-refractivity contribution in [3.05, 3.63) is 53.3 Å². The molecule has 0 aliphatic rings. The summed E-state index contributed by atoms with van der Waals surface area (Å²) in [6.07, 6.45) is 3.29. The number of hydrogen-bond donors (Lipinski definition) is 1. The summed E-state index contributed by atoms with van der Waals surface area (Å²) in [6.45, 7) is 4.44. The van der Waals surface area contributed by atoms with Crippen molar-refractivity contribution in [3.8, 4) is 6.07 Å². The molecule has 1 atom stereocenters. The van der Waals surface area contributed by atoms with E-state index in [0.29, 0.717) is 11.6 Å². The molecule has 1 N–H and O–H groups in total. The minimum Gasteiger partial charge on any atom is -0.292 e. The van der Waals surface area contributed by atoms with E-state index in [2.05, 4.69) is 16.5 Å². The summed E-state index contributed by atoms with van der Waals surface area (Å²) in [7, 11) is 0. The second-order valence-electron chi connectivity index (χ2n) is 5.04. The Balaban J connectivity index is 2.40. The van der Waals surface area contributed by atoms with Gasteiger partial charge in [-0.25, -0.2) is 0 Å². The van der Waals surface area contributed by atoms with E-state index in [1.165, 1.54) is 0 Å². The van der Waals surface area contributed by atoms with Gasteiger partial charge in [0.25, 0.3) is 0 Å². The third-order valence-electron chi connectivity index (χ3n) is 2.99. The Morgan fingerprint density at radius 3 is 2.60 bits per heavy atom. The highest BCUT2D eigenvalue weighted by atomic mass is 35.5. The summed E-state index contributed by atoms with van der Waals surface area (Å²) in [6, 6.07) is 12.3. The van der Waals surface area contributed by atoms with Gasteiger partial charge >= 0.3 is 0 Å². The van der Waals surface area contributed by atoms with Gasteiger partial charge in [0.05, 0.1) is 23.8 Å². The van der Waals surface area contributed by atoms with Gasteiger partial charge in [0.2, 0.25) is 0 Å². The Kier molecular flexibility index (Phi) is 4.43. The van der Waals surface area contributed by atoms with Crippen LogP contribution in [0.15, 0.2) is 42.7 Å². The van der Waals surface area contributed by atoms with E-state index in [4.69, 9.17) is 11.6 Å². The van der Waals surface area contributed by atoms with Crippen LogP contribution >= 0.6 is 11.6 Å². The zero-order valence-electron chi connectivity index (χ0n) is 11.5. The van der Waals surface area contributed by atoms with Gasteiger partial charge in [-0.3, -0.25) is 10.00 Å². The first kappa shape index (κ1) is 14.6. The minimum absolute atomic E-state index is 0.167. The number of hydrogen-bond acceptors (Lipinski definition) is 3. The smallest absolute Gasteiger partial charge is 0.152 e. The fourth-order valence-electron chi connectivity index (χ4n) is 2.24. The summed E-state index contributed by atoms with van der Waals surface area (Å²) >= 11 is 5.90. The molecule has 1 aromatic heterocycles. The maximum atomic E-state index is 9.76. The van der Waals surface area contributed by atoms with Gasteiger partial charge in [-0.05, 0) is 19.4 Å². The monoisotopic (exact) mass is 288 g/mol. The molecular weight excluding hydrogens is 272 g/mol. The van der Waals surface area contributed by atoms with E-state index in [0.717, 1.165) is 5.56 Å². The second kappa shape index (κ2) is 6.08. The van der Waals surface area contributed by atoms with Gasteiger partial charge in [0.15, 0.2) is 5.54 Å². The number of rotatable bonds is 5. The van der Waals surface area contributed by atoms with Crippen LogP contribution in [0.3, 0.4) is 0 Å². The fraction of sp³-hybridized carbons (Fsp3) is 0.333. The van der Waals surface area contributed by atoms with Crippen LogP contribution in [0.25, 0.3) is 0 Å². The Hall–Kier alpha value is -1.83. The third-order valence-corrected chi connectivity index (χ3v) is 3.19. The number of nitrogens with zero attached hydrogens (tertiary/aromatic N) is 3. The molecule has 2 rings (SSSR count). The molecular formula is C15H17ClN4. The lowest BCUT2D eigenvalue weighted by atomic mass is 9.90. The Labute approximate surface area is 124 Å². The number of halogens is 1. The van der Waals surface area contributed by atoms with Crippen LogP contribution in [0.2, 0.25) is 5.02 Å². The maximum Gasteiger partial charge on any atom is 0.152 e. The molecule has 0 aliphatic carbocycles. The number of nitrogens with one attached hydrogen (secondary N) is 1. The van der Waals surface area contributed by atoms with E-state index in [1.807, 2.05) is 44.2 Å². The predicted octanol–water partition coefficient (Wildman–Crippen LogP) is 2.95. The normalized spacial score (nSPS) is 13.9. The molecule has 0 saturated carbocycles. The summed E-state index contributed by atoms with van der Waals surface area (Å²) in [5, 5.41) is 17.9. The molecule has 0 saturated heterocycles. The number of aromatic nitrogens is 2. The summed E-state index contributed by atoms with van der Waals surface area (Å²) < 4.78 is 1.69. The lowest BCUT2D eigenvalue weighted by Gasteiger charge is -2.30. The van der Waals surface area contributed by atoms with Gasteiger partial charge in [-0.2, -0.15) is 10.4 Å². The molecule has 0 spiro atoms. The molecule has 1 unspecified atom stereocenters. The van der Waals surface area contributed by atoms with E-state index >= 15 is 0 Å². The average Bonchev–Trinajstić information content (AvgIpc) is 2.83. The Morgan fingerprint density at radius 1 is 1.40 bits per heavy atom. The van der Waals surface area contributed by atoms with Crippen molar-refractivity contribution in [2.24, 2.45) is 0 Å². The van der Waals surface area contributed by atoms with Gasteiger partial charge in [0.1, 0.15) is 0 Å². The average molecular weight is 289 g/mol. The van der Waals surface area contributed by atoms with Crippen LogP contribution in [0.5, 0.6) is 0 Å². The topological polar surface area (TPSA) is 53.6 Å². The third kappa shape index (κ3) is 3.19. The highest BCUT2D eigenvalue weighted by Crippen LogP contribution is 2.24. The minimum atomic E-state index is -0.829. The number of nitriles is 1. The van der Waals surface area contributed by atoms with Crippen molar-refractivity contribution in [1.82, 2.24) is 15.1 Å². The van der Waals surface area contributed by atoms with Crippen molar-refractivity contribution in [2.45, 2.75) is 32.0 Å². The van der Waals surface area contributed by atoms with Crippen molar-refractivity contribution in [3.63, 3.8) is 0 Å². The first-order valence-electron chi connectivity index (χ1n) is 6.48. The van der Waals surface area contributed by atoms with Crippen LogP contribution in [0.1, 0.15) is 19.4 Å². The molecule has 0 aliphatic heterocycles. The molecule has 0 fully saturated rings. The van der Waals surface area contributed by atoms with Crippen molar-refractivity contribution >= 4 is 11.6 Å². The fourth-order valence-corrected chi connectivity index (χ4v) is 2.39. The van der Waals surface area contributed by atoms with Crippen molar-refractivity contribution in [1.29, 1.82) is 5.26 Å². The van der Waals surface area contributed by atoms with Gasteiger partial charge in [-0.1, -0.05) is 41.9 Å². The van der Waals surface area contributed by atoms with Crippen molar-refractivity contribution in [2.75, 3.05) is 0 Å². The molecule has 104 valence electrons. The first-order chi connectivity index (χ1) is 9.55. The zero-order valence-corrected chi connectivity index (χ0v) is 12.3. The van der Waals surface area contributed by atoms with Crippen LogP contribution in [0, 0.1) is 11.3 Å². The summed E-state index contributed by atoms with van der Waals surface area (Å²) in [5.74, 6) is 0. The molecule has 0 radical (unpaired) electrons. The molecule has 1 heterocycles. The zero-order chi connectivity index (χ0) is 14.6. The molecule has 0 amide bonds. The summed E-state index contributed by atoms with van der Waals surface area (Å²) in [4.78, 5) is 0. The van der Waals surface area contributed by atoms with Gasteiger partial charge < -0.3 is 0 Å². The number of benzene rings is 1. The van der Waals surface area contributed by atoms with E-state index in [-0.39, 0.29) is 6.04 Å². The largest absolute Gasteiger partial charge is 0.292 e. The molecule has 4 nitrogen and oxygen atoms in total. The van der Waals surface area contributed by atoms with Gasteiger partial charge in [0, 0.05) is 12.2 Å². The Bertz CT molecular complexity index is 600. The second-order valence-corrected chi connectivity index (χ2v) is 5.47. The SMILES string of the molecule is CC(C)NC(C#N)(Cn1cc(Cl)cn1)c1ccccc1. The lowest BCUT2D eigenvalue weighted by molar-refractivity contribution is 0.325. The maximum absolute atomic E-state index is 9.76. The molecule has 2 aromatic rings. The van der Waals surface area contributed by atoms with Crippen LogP contribution < -0.4 is 5.32 Å². The highest BCUT2D eigenvalue weighted by Gasteiger charge is 2.33. The molecule has 20 heavy (non-hydrogen) atoms. The molecule has 5 heteroatoms. The van der Waals surface area contributed by atoms with E-state index in [9.17, 15) is 5.26 Å². The van der Waals surface area contributed by atoms with E-state index < -0.39 is 5.54 Å². The van der Waals surface area contributed by atoms with E-state index in [1.54, 1.807) is 17.1 Å². The molecule has 0 bridgehead atoms. The predicted molar refractivity (Wildman–Crippen MR) is 79.2 cm³/mol. The first-order valence-corrected chi connectivity index (χ1v) is 6.86. The highest BCUT2D eigenvalue weighted by molar-refractivity contribution is 6.30. The van der Waals surface area contributed by atoms with Gasteiger partial charge in [-0.15, -0.1) is 0 Å². The van der Waals surface area contributed by atoms with Crippen molar-refractivity contribution < 1.29 is 0 Å². The molecule has 1 aromatic carbocycles. The Morgan fingerprint density at radius 2 is 2.10 bits per heavy atom. The quantitative estimate of drug-likeness (QED) is 0.920. The lowest BCUT2D eigenvalue weighted by Crippen LogP contribution is -2.48. The standard InChI is InChI=1S/C15H17ClN4/c1-12(2)19-15(10-17,13-6-4-3-5-7-13)11-20-9-14(16)8-18-20/h3-9,12,19H,11H2,1-2H3. The van der Waals surface area contributed by atoms with Crippen LogP contribution in [0.4, 0.5) is 0 Å².